The van der Waals surface area contributed by atoms with E-state index in [0.29, 0.717) is 11.8 Å². The van der Waals surface area contributed by atoms with Gasteiger partial charge in [0, 0.05) is 0 Å². The summed E-state index contributed by atoms with van der Waals surface area (Å²) in [7, 11) is 0. The molecule has 0 saturated heterocycles. The van der Waals surface area contributed by atoms with Crippen molar-refractivity contribution in [2.45, 2.75) is 0 Å². The maximum atomic E-state index is 10.1. The number of rotatable bonds is 1. The van der Waals surface area contributed by atoms with Crippen LogP contribution in [-0.2, 0) is 0 Å². The molecule has 2 aliphatic rings. The largest absolute Gasteiger partial charge is 0.460 e. The van der Waals surface area contributed by atoms with Crippen molar-refractivity contribution in [1.29, 1.82) is 0 Å². The van der Waals surface area contributed by atoms with Crippen LogP contribution in [0, 0.1) is 12.3 Å². The zero-order chi connectivity index (χ0) is 10.7. The Balaban J connectivity index is 0.000000121. The van der Waals surface area contributed by atoms with Gasteiger partial charge in [-0.05, 0) is 17.2 Å². The van der Waals surface area contributed by atoms with Crippen LogP contribution in [0.1, 0.15) is 16.1 Å². The molecule has 1 aromatic heterocycles. The second kappa shape index (κ2) is 3.85. The number of aldehydes is 1. The van der Waals surface area contributed by atoms with Crippen LogP contribution in [0.2, 0.25) is 0 Å². The molecule has 0 amide bonds. The number of furan rings is 1. The summed E-state index contributed by atoms with van der Waals surface area (Å²) in [6.45, 7) is 0. The summed E-state index contributed by atoms with van der Waals surface area (Å²) in [5.74, 6) is 2.52. The van der Waals surface area contributed by atoms with Crippen molar-refractivity contribution in [2.75, 3.05) is 0 Å². The first-order valence-corrected chi connectivity index (χ1v) is 4.45. The van der Waals surface area contributed by atoms with Crippen LogP contribution in [0.5, 0.6) is 0 Å². The number of fused-ring (bicyclic) bond motifs is 1. The van der Waals surface area contributed by atoms with E-state index in [2.05, 4.69) is 30.2 Å². The minimum Gasteiger partial charge on any atom is -0.460 e. The fourth-order valence-electron chi connectivity index (χ4n) is 1.19. The molecule has 0 atom stereocenters. The molecule has 2 heteroatoms. The van der Waals surface area contributed by atoms with Crippen molar-refractivity contribution in [1.82, 2.24) is 0 Å². The van der Waals surface area contributed by atoms with Crippen LogP contribution in [0.3, 0.4) is 0 Å². The monoisotopic (exact) mass is 196 g/mol. The van der Waals surface area contributed by atoms with E-state index >= 15 is 0 Å². The van der Waals surface area contributed by atoms with Gasteiger partial charge in [-0.1, -0.05) is 30.2 Å². The molecule has 1 aromatic rings. The zero-order valence-electron chi connectivity index (χ0n) is 7.94. The third kappa shape index (κ3) is 1.68. The van der Waals surface area contributed by atoms with E-state index in [1.807, 2.05) is 0 Å². The Labute approximate surface area is 87.5 Å². The maximum Gasteiger partial charge on any atom is 0.186 e. The van der Waals surface area contributed by atoms with Crippen LogP contribution in [-0.4, -0.2) is 6.29 Å². The van der Waals surface area contributed by atoms with E-state index in [1.165, 1.54) is 17.4 Å². The Morgan fingerprint density at radius 2 is 1.73 bits per heavy atom. The predicted octanol–water partition coefficient (Wildman–Crippen LogP) is 2.74. The first-order chi connectivity index (χ1) is 7.35. The van der Waals surface area contributed by atoms with Gasteiger partial charge in [-0.25, -0.2) is 0 Å². The lowest BCUT2D eigenvalue weighted by Crippen LogP contribution is -1.85. The molecule has 0 saturated carbocycles. The Morgan fingerprint density at radius 3 is 2.00 bits per heavy atom. The normalized spacial score (nSPS) is 9.53. The van der Waals surface area contributed by atoms with Crippen LogP contribution in [0.25, 0.3) is 11.1 Å². The molecule has 0 fully saturated rings. The Kier molecular flexibility index (Phi) is 2.38. The van der Waals surface area contributed by atoms with Crippen molar-refractivity contribution in [3.63, 3.8) is 0 Å². The van der Waals surface area contributed by atoms with E-state index in [0.717, 1.165) is 0 Å². The Bertz CT molecular complexity index is 491. The van der Waals surface area contributed by atoms with E-state index < -0.39 is 0 Å². The predicted molar refractivity (Wildman–Crippen MR) is 57.5 cm³/mol. The van der Waals surface area contributed by atoms with Gasteiger partial charge in [-0.3, -0.25) is 4.79 Å². The standard InChI is InChI=1S/C7H4O2.C6H4/c1-2-6-3-4-9-7(6)5-8;1-2-6-4-3-5(1)6/h1,3-5H;1-4H. The quantitative estimate of drug-likeness (QED) is 0.442. The number of terminal acetylenes is 1. The Morgan fingerprint density at radius 1 is 1.13 bits per heavy atom. The average Bonchev–Trinajstić information content (AvgIpc) is 2.71. The van der Waals surface area contributed by atoms with Crippen molar-refractivity contribution in [3.05, 3.63) is 47.9 Å². The van der Waals surface area contributed by atoms with Crippen LogP contribution < -0.4 is 0 Å². The third-order valence-electron chi connectivity index (χ3n) is 2.18. The van der Waals surface area contributed by atoms with Gasteiger partial charge in [0.25, 0.3) is 0 Å². The summed E-state index contributed by atoms with van der Waals surface area (Å²) in [5.41, 5.74) is 3.36. The highest BCUT2D eigenvalue weighted by Crippen LogP contribution is 2.29. The maximum absolute atomic E-state index is 10.1. The SMILES string of the molecule is C#Cc1ccoc1C=O.c1cc2ccc1-2. The molecule has 0 aromatic carbocycles. The van der Waals surface area contributed by atoms with Gasteiger partial charge in [0.15, 0.2) is 12.0 Å². The molecule has 2 aliphatic carbocycles. The molecule has 0 aliphatic heterocycles. The van der Waals surface area contributed by atoms with Crippen LogP contribution in [0.15, 0.2) is 41.0 Å². The van der Waals surface area contributed by atoms with Crippen LogP contribution in [0.4, 0.5) is 0 Å². The lowest BCUT2D eigenvalue weighted by molar-refractivity contribution is 0.110. The molecular formula is C13H8O2. The lowest BCUT2D eigenvalue weighted by Gasteiger charge is -2.10. The van der Waals surface area contributed by atoms with Crippen molar-refractivity contribution in [2.24, 2.45) is 0 Å². The van der Waals surface area contributed by atoms with Gasteiger partial charge < -0.3 is 4.42 Å². The van der Waals surface area contributed by atoms with E-state index in [-0.39, 0.29) is 5.76 Å². The minimum atomic E-state index is 0.220. The van der Waals surface area contributed by atoms with Gasteiger partial charge in [0.05, 0.1) is 11.8 Å². The van der Waals surface area contributed by atoms with E-state index in [9.17, 15) is 4.79 Å². The third-order valence-corrected chi connectivity index (χ3v) is 2.18. The molecule has 0 spiro atoms. The second-order valence-electron chi connectivity index (χ2n) is 3.04. The van der Waals surface area contributed by atoms with E-state index in [1.54, 1.807) is 6.07 Å². The summed E-state index contributed by atoms with van der Waals surface area (Å²) in [5, 5.41) is 0. The molecule has 0 unspecified atom stereocenters. The molecule has 2 nitrogen and oxygen atoms in total. The number of carbonyl (C=O) groups is 1. The number of hydrogen-bond donors (Lipinski definition) is 0. The molecule has 1 heterocycles. The molecule has 0 N–H and O–H groups in total. The highest BCUT2D eigenvalue weighted by Gasteiger charge is 2.04. The number of carbonyl (C=O) groups excluding carboxylic acids is 1. The zero-order valence-corrected chi connectivity index (χ0v) is 7.94. The summed E-state index contributed by atoms with van der Waals surface area (Å²) in [6.07, 6.45) is 6.98. The number of hydrogen-bond acceptors (Lipinski definition) is 2. The summed E-state index contributed by atoms with van der Waals surface area (Å²) >= 11 is 0. The highest BCUT2D eigenvalue weighted by molar-refractivity contribution is 5.75. The van der Waals surface area contributed by atoms with Gasteiger partial charge >= 0.3 is 0 Å². The van der Waals surface area contributed by atoms with E-state index in [4.69, 9.17) is 10.8 Å². The summed E-state index contributed by atoms with van der Waals surface area (Å²) in [6, 6.07) is 10.1. The topological polar surface area (TPSA) is 30.2 Å². The minimum absolute atomic E-state index is 0.220. The second-order valence-corrected chi connectivity index (χ2v) is 3.04. The smallest absolute Gasteiger partial charge is 0.186 e. The summed E-state index contributed by atoms with van der Waals surface area (Å²) < 4.78 is 4.69. The summed E-state index contributed by atoms with van der Waals surface area (Å²) in [4.78, 5) is 10.1. The highest BCUT2D eigenvalue weighted by atomic mass is 16.3. The van der Waals surface area contributed by atoms with Crippen LogP contribution >= 0.6 is 0 Å². The molecule has 3 rings (SSSR count). The first kappa shape index (κ1) is 9.29. The first-order valence-electron chi connectivity index (χ1n) is 4.45. The molecule has 15 heavy (non-hydrogen) atoms. The average molecular weight is 196 g/mol. The lowest BCUT2D eigenvalue weighted by atomic mass is 9.95. The molecule has 0 radical (unpaired) electrons. The van der Waals surface area contributed by atoms with Crippen molar-refractivity contribution in [3.8, 4) is 23.5 Å². The molecule has 72 valence electrons. The number of benzene rings is 1. The van der Waals surface area contributed by atoms with Gasteiger partial charge in [0.1, 0.15) is 0 Å². The van der Waals surface area contributed by atoms with Crippen molar-refractivity contribution >= 4 is 6.29 Å². The Hall–Kier alpha value is -2.27. The fraction of sp³-hybridized carbons (Fsp3) is 0. The van der Waals surface area contributed by atoms with Crippen molar-refractivity contribution < 1.29 is 9.21 Å². The fourth-order valence-corrected chi connectivity index (χ4v) is 1.19. The van der Waals surface area contributed by atoms with Gasteiger partial charge in [-0.15, -0.1) is 6.42 Å². The van der Waals surface area contributed by atoms with Gasteiger partial charge in [-0.2, -0.15) is 0 Å². The molecular weight excluding hydrogens is 188 g/mol. The van der Waals surface area contributed by atoms with Gasteiger partial charge in [0.2, 0.25) is 0 Å². The molecule has 0 bridgehead atoms.